The van der Waals surface area contributed by atoms with E-state index < -0.39 is 23.3 Å². The third kappa shape index (κ3) is 1.76. The van der Waals surface area contributed by atoms with Gasteiger partial charge in [-0.2, -0.15) is 0 Å². The molecule has 0 unspecified atom stereocenters. The summed E-state index contributed by atoms with van der Waals surface area (Å²) in [6.45, 7) is 3.99. The van der Waals surface area contributed by atoms with Crippen LogP contribution in [-0.2, 0) is 9.53 Å². The SMILES string of the molecule is CC(C)(O)C1=CC[C@@]23CO[C@@H](C2)[C@@](O)(C(=O)O)CC[C@H]13. The van der Waals surface area contributed by atoms with Gasteiger partial charge in [-0.15, -0.1) is 0 Å². The Morgan fingerprint density at radius 1 is 1.50 bits per heavy atom. The van der Waals surface area contributed by atoms with Gasteiger partial charge >= 0.3 is 5.97 Å². The highest BCUT2D eigenvalue weighted by Gasteiger charge is 2.61. The molecule has 1 saturated carbocycles. The molecule has 112 valence electrons. The smallest absolute Gasteiger partial charge is 0.338 e. The lowest BCUT2D eigenvalue weighted by Crippen LogP contribution is -2.49. The van der Waals surface area contributed by atoms with Gasteiger partial charge in [-0.1, -0.05) is 6.08 Å². The molecule has 0 aromatic heterocycles. The minimum atomic E-state index is -1.79. The molecule has 5 nitrogen and oxygen atoms in total. The highest BCUT2D eigenvalue weighted by molar-refractivity contribution is 5.78. The van der Waals surface area contributed by atoms with Crippen molar-refractivity contribution in [2.75, 3.05) is 6.61 Å². The summed E-state index contributed by atoms with van der Waals surface area (Å²) in [6.07, 6.45) is 3.55. The number of allylic oxidation sites excluding steroid dienone is 1. The van der Waals surface area contributed by atoms with Crippen LogP contribution in [0.3, 0.4) is 0 Å². The van der Waals surface area contributed by atoms with Gasteiger partial charge in [0.05, 0.1) is 18.3 Å². The van der Waals surface area contributed by atoms with Crippen molar-refractivity contribution in [2.45, 2.75) is 56.8 Å². The zero-order valence-corrected chi connectivity index (χ0v) is 11.9. The van der Waals surface area contributed by atoms with E-state index >= 15 is 0 Å². The Bertz CT molecular complexity index is 477. The Balaban J connectivity index is 1.96. The summed E-state index contributed by atoms with van der Waals surface area (Å²) in [5.74, 6) is -1.10. The Hall–Kier alpha value is -0.910. The first-order chi connectivity index (χ1) is 9.19. The predicted octanol–water partition coefficient (Wildman–Crippen LogP) is 1.09. The lowest BCUT2D eigenvalue weighted by molar-refractivity contribution is -0.175. The minimum absolute atomic E-state index is 0.0980. The summed E-state index contributed by atoms with van der Waals surface area (Å²) in [4.78, 5) is 11.4. The van der Waals surface area contributed by atoms with Crippen LogP contribution >= 0.6 is 0 Å². The Kier molecular flexibility index (Phi) is 2.85. The Morgan fingerprint density at radius 3 is 2.80 bits per heavy atom. The third-order valence-electron chi connectivity index (χ3n) is 5.43. The lowest BCUT2D eigenvalue weighted by atomic mass is 9.71. The van der Waals surface area contributed by atoms with Gasteiger partial charge in [0.1, 0.15) is 0 Å². The van der Waals surface area contributed by atoms with E-state index in [0.29, 0.717) is 19.4 Å². The number of carboxylic acids is 1. The van der Waals surface area contributed by atoms with Crippen molar-refractivity contribution in [1.82, 2.24) is 0 Å². The fraction of sp³-hybridized carbons (Fsp3) is 0.800. The van der Waals surface area contributed by atoms with Gasteiger partial charge in [0.25, 0.3) is 0 Å². The molecule has 2 fully saturated rings. The van der Waals surface area contributed by atoms with Crippen LogP contribution < -0.4 is 0 Å². The van der Waals surface area contributed by atoms with E-state index in [4.69, 9.17) is 4.74 Å². The molecular weight excluding hydrogens is 260 g/mol. The van der Waals surface area contributed by atoms with Crippen LogP contribution in [0.2, 0.25) is 0 Å². The van der Waals surface area contributed by atoms with Crippen LogP contribution in [0.15, 0.2) is 11.6 Å². The molecule has 3 rings (SSSR count). The average molecular weight is 282 g/mol. The zero-order chi connectivity index (χ0) is 14.8. The van der Waals surface area contributed by atoms with Crippen LogP contribution in [0.1, 0.15) is 39.5 Å². The van der Waals surface area contributed by atoms with E-state index in [2.05, 4.69) is 6.08 Å². The van der Waals surface area contributed by atoms with Crippen LogP contribution in [0, 0.1) is 11.3 Å². The number of ether oxygens (including phenoxy) is 1. The second-order valence-corrected chi connectivity index (χ2v) is 7.11. The number of hydrogen-bond acceptors (Lipinski definition) is 4. The van der Waals surface area contributed by atoms with Gasteiger partial charge in [0.15, 0.2) is 5.60 Å². The average Bonchev–Trinajstić information content (AvgIpc) is 2.88. The molecule has 1 spiro atoms. The van der Waals surface area contributed by atoms with E-state index in [1.54, 1.807) is 13.8 Å². The highest BCUT2D eigenvalue weighted by Crippen LogP contribution is 2.58. The second kappa shape index (κ2) is 4.06. The lowest BCUT2D eigenvalue weighted by Gasteiger charge is -2.35. The summed E-state index contributed by atoms with van der Waals surface area (Å²) in [7, 11) is 0. The minimum Gasteiger partial charge on any atom is -0.479 e. The second-order valence-electron chi connectivity index (χ2n) is 7.11. The molecule has 2 aliphatic carbocycles. The third-order valence-corrected chi connectivity index (χ3v) is 5.43. The van der Waals surface area contributed by atoms with Crippen molar-refractivity contribution in [2.24, 2.45) is 11.3 Å². The number of fused-ring (bicyclic) bond motifs is 1. The first kappa shape index (κ1) is 14.0. The number of aliphatic carboxylic acids is 1. The predicted molar refractivity (Wildman–Crippen MR) is 71.1 cm³/mol. The van der Waals surface area contributed by atoms with Crippen LogP contribution in [0.4, 0.5) is 0 Å². The summed E-state index contributed by atoms with van der Waals surface area (Å²) in [5, 5.41) is 30.1. The van der Waals surface area contributed by atoms with Gasteiger partial charge in [0, 0.05) is 5.41 Å². The van der Waals surface area contributed by atoms with Gasteiger partial charge in [-0.3, -0.25) is 0 Å². The summed E-state index contributed by atoms with van der Waals surface area (Å²) < 4.78 is 5.65. The molecule has 2 bridgehead atoms. The normalized spacial score (nSPS) is 43.9. The van der Waals surface area contributed by atoms with E-state index in [9.17, 15) is 20.1 Å². The first-order valence-corrected chi connectivity index (χ1v) is 7.19. The monoisotopic (exact) mass is 282 g/mol. The molecule has 4 atom stereocenters. The zero-order valence-electron chi connectivity index (χ0n) is 11.9. The summed E-state index contributed by atoms with van der Waals surface area (Å²) in [5.41, 5.74) is -1.87. The van der Waals surface area contributed by atoms with Gasteiger partial charge in [-0.25, -0.2) is 4.79 Å². The van der Waals surface area contributed by atoms with E-state index in [1.807, 2.05) is 0 Å². The molecule has 5 heteroatoms. The van der Waals surface area contributed by atoms with Crippen LogP contribution in [0.5, 0.6) is 0 Å². The fourth-order valence-electron chi connectivity index (χ4n) is 4.28. The molecule has 0 amide bonds. The number of carboxylic acid groups (broad SMARTS) is 1. The van der Waals surface area contributed by atoms with Gasteiger partial charge in [-0.05, 0) is 51.0 Å². The van der Waals surface area contributed by atoms with Gasteiger partial charge < -0.3 is 20.1 Å². The van der Waals surface area contributed by atoms with Crippen molar-refractivity contribution in [3.63, 3.8) is 0 Å². The maximum Gasteiger partial charge on any atom is 0.338 e. The van der Waals surface area contributed by atoms with Crippen molar-refractivity contribution in [3.8, 4) is 0 Å². The number of rotatable bonds is 2. The maximum absolute atomic E-state index is 11.4. The first-order valence-electron chi connectivity index (χ1n) is 7.19. The number of carbonyl (C=O) groups is 1. The number of aliphatic hydroxyl groups is 2. The standard InChI is InChI=1S/C15H22O5/c1-13(2,18)9-3-5-14-7-11(20-8-14)15(19,12(16)17)6-4-10(9)14/h3,10-11,18-19H,4-8H2,1-2H3,(H,16,17)/t10-,11+,14+,15-/m1/s1. The van der Waals surface area contributed by atoms with Crippen molar-refractivity contribution >= 4 is 5.97 Å². The number of hydrogen-bond donors (Lipinski definition) is 3. The van der Waals surface area contributed by atoms with Crippen LogP contribution in [0.25, 0.3) is 0 Å². The largest absolute Gasteiger partial charge is 0.479 e. The molecule has 0 radical (unpaired) electrons. The molecule has 20 heavy (non-hydrogen) atoms. The molecule has 0 aromatic rings. The molecule has 0 aromatic carbocycles. The molecule has 3 N–H and O–H groups in total. The molecular formula is C15H22O5. The molecule has 3 aliphatic rings. The van der Waals surface area contributed by atoms with E-state index in [-0.39, 0.29) is 17.8 Å². The Morgan fingerprint density at radius 2 is 2.20 bits per heavy atom. The highest BCUT2D eigenvalue weighted by atomic mass is 16.5. The molecule has 1 aliphatic heterocycles. The molecule has 1 heterocycles. The van der Waals surface area contributed by atoms with E-state index in [0.717, 1.165) is 12.0 Å². The maximum atomic E-state index is 11.4. The van der Waals surface area contributed by atoms with Crippen molar-refractivity contribution in [3.05, 3.63) is 11.6 Å². The summed E-state index contributed by atoms with van der Waals surface area (Å²) in [6, 6.07) is 0. The molecule has 1 saturated heterocycles. The fourth-order valence-corrected chi connectivity index (χ4v) is 4.28. The van der Waals surface area contributed by atoms with Crippen molar-refractivity contribution < 1.29 is 24.9 Å². The van der Waals surface area contributed by atoms with Crippen molar-refractivity contribution in [1.29, 1.82) is 0 Å². The van der Waals surface area contributed by atoms with Crippen LogP contribution in [-0.4, -0.2) is 45.2 Å². The quantitative estimate of drug-likeness (QED) is 0.660. The van der Waals surface area contributed by atoms with Gasteiger partial charge in [0.2, 0.25) is 0 Å². The van der Waals surface area contributed by atoms with E-state index in [1.165, 1.54) is 0 Å². The Labute approximate surface area is 118 Å². The summed E-state index contributed by atoms with van der Waals surface area (Å²) >= 11 is 0. The topological polar surface area (TPSA) is 87.0 Å².